The van der Waals surface area contributed by atoms with Gasteiger partial charge in [0.15, 0.2) is 15.6 Å². The Balaban J connectivity index is 2.45. The van der Waals surface area contributed by atoms with Crippen molar-refractivity contribution in [3.8, 4) is 0 Å². The van der Waals surface area contributed by atoms with Crippen LogP contribution in [0.25, 0.3) is 0 Å². The Bertz CT molecular complexity index is 888. The van der Waals surface area contributed by atoms with Crippen LogP contribution in [0.15, 0.2) is 59.5 Å². The number of aldehydes is 1. The molecule has 0 amide bonds. The molecule has 0 aliphatic rings. The van der Waals surface area contributed by atoms with E-state index in [9.17, 15) is 18.0 Å². The summed E-state index contributed by atoms with van der Waals surface area (Å²) >= 11 is 0. The van der Waals surface area contributed by atoms with E-state index in [0.29, 0.717) is 18.4 Å². The standard InChI is InChI=1S/C22H26O4S/c1-3-5-15-22(4-2,16-23)17-27(25,26)20-14-10-9-13-19(20)21(24)18-11-7-6-8-12-18/h6-14,16H,3-5,15,17H2,1-2H3. The normalized spacial score (nSPS) is 13.7. The summed E-state index contributed by atoms with van der Waals surface area (Å²) in [5.41, 5.74) is -0.337. The molecule has 0 aliphatic carbocycles. The lowest BCUT2D eigenvalue weighted by Crippen LogP contribution is -2.32. The molecule has 2 aromatic rings. The first kappa shape index (κ1) is 21.0. The minimum Gasteiger partial charge on any atom is -0.303 e. The lowest BCUT2D eigenvalue weighted by Gasteiger charge is -2.26. The van der Waals surface area contributed by atoms with Crippen molar-refractivity contribution in [1.82, 2.24) is 0 Å². The van der Waals surface area contributed by atoms with Gasteiger partial charge in [-0.3, -0.25) is 4.79 Å². The molecule has 1 unspecified atom stereocenters. The van der Waals surface area contributed by atoms with E-state index < -0.39 is 15.3 Å². The lowest BCUT2D eigenvalue weighted by molar-refractivity contribution is -0.115. The highest BCUT2D eigenvalue weighted by Gasteiger charge is 2.35. The zero-order valence-electron chi connectivity index (χ0n) is 15.9. The largest absolute Gasteiger partial charge is 0.303 e. The summed E-state index contributed by atoms with van der Waals surface area (Å²) in [5, 5.41) is 0. The third-order valence-electron chi connectivity index (χ3n) is 4.96. The van der Waals surface area contributed by atoms with Gasteiger partial charge in [0.2, 0.25) is 0 Å². The molecule has 0 bridgehead atoms. The summed E-state index contributed by atoms with van der Waals surface area (Å²) < 4.78 is 26.3. The maximum Gasteiger partial charge on any atom is 0.194 e. The van der Waals surface area contributed by atoms with E-state index in [0.717, 1.165) is 19.1 Å². The second-order valence-electron chi connectivity index (χ2n) is 6.89. The molecule has 27 heavy (non-hydrogen) atoms. The molecule has 144 valence electrons. The first-order valence-corrected chi connectivity index (χ1v) is 10.9. The maximum atomic E-state index is 13.2. The van der Waals surface area contributed by atoms with Crippen LogP contribution in [0.1, 0.15) is 55.5 Å². The molecular formula is C22H26O4S. The van der Waals surface area contributed by atoms with Crippen molar-refractivity contribution >= 4 is 21.9 Å². The molecule has 0 heterocycles. The van der Waals surface area contributed by atoms with Crippen molar-refractivity contribution in [2.75, 3.05) is 5.75 Å². The Morgan fingerprint density at radius 2 is 1.63 bits per heavy atom. The number of rotatable bonds is 10. The number of carbonyl (C=O) groups is 2. The zero-order chi connectivity index (χ0) is 19.9. The quantitative estimate of drug-likeness (QED) is 0.446. The third-order valence-corrected chi connectivity index (χ3v) is 6.94. The van der Waals surface area contributed by atoms with Crippen LogP contribution in [-0.4, -0.2) is 26.2 Å². The molecule has 1 atom stereocenters. The lowest BCUT2D eigenvalue weighted by atomic mass is 9.84. The number of carbonyl (C=O) groups excluding carboxylic acids is 2. The number of unbranched alkanes of at least 4 members (excludes halogenated alkanes) is 1. The van der Waals surface area contributed by atoms with Crippen LogP contribution in [-0.2, 0) is 14.6 Å². The molecule has 0 N–H and O–H groups in total. The predicted molar refractivity (Wildman–Crippen MR) is 107 cm³/mol. The Kier molecular flexibility index (Phi) is 7.08. The van der Waals surface area contributed by atoms with Gasteiger partial charge >= 0.3 is 0 Å². The zero-order valence-corrected chi connectivity index (χ0v) is 16.7. The molecule has 0 spiro atoms. The van der Waals surface area contributed by atoms with Crippen LogP contribution in [0.2, 0.25) is 0 Å². The molecule has 0 fully saturated rings. The van der Waals surface area contributed by atoms with E-state index in [-0.39, 0.29) is 22.0 Å². The first-order chi connectivity index (χ1) is 12.9. The van der Waals surface area contributed by atoms with Gasteiger partial charge in [0.05, 0.1) is 10.6 Å². The fourth-order valence-electron chi connectivity index (χ4n) is 3.18. The highest BCUT2D eigenvalue weighted by atomic mass is 32.2. The Labute approximate surface area is 161 Å². The highest BCUT2D eigenvalue weighted by molar-refractivity contribution is 7.91. The number of sulfone groups is 1. The summed E-state index contributed by atoms with van der Waals surface area (Å²) in [7, 11) is -3.81. The molecule has 4 nitrogen and oxygen atoms in total. The van der Waals surface area contributed by atoms with Crippen molar-refractivity contribution in [2.24, 2.45) is 5.41 Å². The van der Waals surface area contributed by atoms with Crippen LogP contribution >= 0.6 is 0 Å². The molecule has 0 aromatic heterocycles. The number of hydrogen-bond donors (Lipinski definition) is 0. The molecule has 2 rings (SSSR count). The van der Waals surface area contributed by atoms with Crippen LogP contribution < -0.4 is 0 Å². The fraction of sp³-hybridized carbons (Fsp3) is 0.364. The van der Waals surface area contributed by atoms with Gasteiger partial charge in [-0.1, -0.05) is 69.2 Å². The molecule has 0 radical (unpaired) electrons. The Morgan fingerprint density at radius 3 is 2.22 bits per heavy atom. The van der Waals surface area contributed by atoms with E-state index in [2.05, 4.69) is 0 Å². The van der Waals surface area contributed by atoms with E-state index >= 15 is 0 Å². The van der Waals surface area contributed by atoms with Crippen molar-refractivity contribution in [1.29, 1.82) is 0 Å². The highest BCUT2D eigenvalue weighted by Crippen LogP contribution is 2.32. The third kappa shape index (κ3) is 4.92. The van der Waals surface area contributed by atoms with E-state index in [1.54, 1.807) is 42.5 Å². The second-order valence-corrected chi connectivity index (χ2v) is 8.85. The van der Waals surface area contributed by atoms with Crippen LogP contribution in [0.3, 0.4) is 0 Å². The minimum absolute atomic E-state index is 0.00461. The van der Waals surface area contributed by atoms with Gasteiger partial charge in [-0.2, -0.15) is 0 Å². The number of ketones is 1. The van der Waals surface area contributed by atoms with Gasteiger partial charge in [0.25, 0.3) is 0 Å². The van der Waals surface area contributed by atoms with E-state index in [1.165, 1.54) is 12.1 Å². The Hall–Kier alpha value is -2.27. The minimum atomic E-state index is -3.81. The van der Waals surface area contributed by atoms with Crippen LogP contribution in [0.4, 0.5) is 0 Å². The average molecular weight is 387 g/mol. The predicted octanol–water partition coefficient (Wildman–Crippen LogP) is 4.48. The van der Waals surface area contributed by atoms with E-state index in [1.807, 2.05) is 13.8 Å². The van der Waals surface area contributed by atoms with Gasteiger partial charge in [-0.05, 0) is 25.0 Å². The first-order valence-electron chi connectivity index (χ1n) is 9.27. The monoisotopic (exact) mass is 386 g/mol. The summed E-state index contributed by atoms with van der Waals surface area (Å²) in [6.07, 6.45) is 3.43. The van der Waals surface area contributed by atoms with Gasteiger partial charge in [-0.15, -0.1) is 0 Å². The van der Waals surface area contributed by atoms with Crippen LogP contribution in [0.5, 0.6) is 0 Å². The van der Waals surface area contributed by atoms with Crippen molar-refractivity contribution in [3.63, 3.8) is 0 Å². The molecule has 0 aliphatic heterocycles. The van der Waals surface area contributed by atoms with Crippen molar-refractivity contribution < 1.29 is 18.0 Å². The summed E-state index contributed by atoms with van der Waals surface area (Å²) in [6.45, 7) is 3.84. The molecule has 5 heteroatoms. The topological polar surface area (TPSA) is 68.3 Å². The molecular weight excluding hydrogens is 360 g/mol. The van der Waals surface area contributed by atoms with Crippen molar-refractivity contribution in [2.45, 2.75) is 44.4 Å². The molecule has 0 saturated heterocycles. The smallest absolute Gasteiger partial charge is 0.194 e. The van der Waals surface area contributed by atoms with Gasteiger partial charge in [0, 0.05) is 16.5 Å². The van der Waals surface area contributed by atoms with Gasteiger partial charge in [0.1, 0.15) is 6.29 Å². The van der Waals surface area contributed by atoms with Gasteiger partial charge in [-0.25, -0.2) is 8.42 Å². The average Bonchev–Trinajstić information content (AvgIpc) is 2.71. The van der Waals surface area contributed by atoms with E-state index in [4.69, 9.17) is 0 Å². The Morgan fingerprint density at radius 1 is 1.00 bits per heavy atom. The second kappa shape index (κ2) is 9.09. The molecule has 2 aromatic carbocycles. The SMILES string of the molecule is CCCCC(C=O)(CC)CS(=O)(=O)c1ccccc1C(=O)c1ccccc1. The van der Waals surface area contributed by atoms with Crippen molar-refractivity contribution in [3.05, 3.63) is 65.7 Å². The number of hydrogen-bond acceptors (Lipinski definition) is 4. The summed E-state index contributed by atoms with van der Waals surface area (Å²) in [5.74, 6) is -0.615. The summed E-state index contributed by atoms with van der Waals surface area (Å²) in [6, 6.07) is 14.8. The maximum absolute atomic E-state index is 13.2. The van der Waals surface area contributed by atoms with Crippen LogP contribution in [0, 0.1) is 5.41 Å². The molecule has 0 saturated carbocycles. The fourth-order valence-corrected chi connectivity index (χ4v) is 5.29. The number of benzene rings is 2. The summed E-state index contributed by atoms with van der Waals surface area (Å²) in [4.78, 5) is 24.6. The van der Waals surface area contributed by atoms with Gasteiger partial charge < -0.3 is 4.79 Å².